The van der Waals surface area contributed by atoms with Gasteiger partial charge in [0.1, 0.15) is 17.8 Å². The largest absolute Gasteiger partial charge is 0.346 e. The fourth-order valence-corrected chi connectivity index (χ4v) is 1.14. The van der Waals surface area contributed by atoms with Gasteiger partial charge in [-0.25, -0.2) is 9.97 Å². The van der Waals surface area contributed by atoms with Crippen LogP contribution in [-0.2, 0) is 0 Å². The molecule has 0 radical (unpaired) electrons. The third kappa shape index (κ3) is 0.932. The Morgan fingerprint density at radius 3 is 3.18 bits per heavy atom. The van der Waals surface area contributed by atoms with E-state index >= 15 is 0 Å². The van der Waals surface area contributed by atoms with Gasteiger partial charge in [-0.3, -0.25) is 0 Å². The average Bonchev–Trinajstić information content (AvgIpc) is 2.50. The molecule has 0 unspecified atom stereocenters. The van der Waals surface area contributed by atoms with Crippen molar-refractivity contribution in [1.29, 1.82) is 0 Å². The van der Waals surface area contributed by atoms with Gasteiger partial charge in [0.15, 0.2) is 0 Å². The molecule has 0 aromatic carbocycles. The Balaban J connectivity index is 2.79. The zero-order valence-electron chi connectivity index (χ0n) is 5.57. The van der Waals surface area contributed by atoms with Crippen molar-refractivity contribution < 1.29 is 0 Å². The molecule has 0 fully saturated rings. The molecule has 56 valence electrons. The zero-order valence-corrected chi connectivity index (χ0v) is 6.47. The molecule has 2 rings (SSSR count). The molecule has 0 bridgehead atoms. The van der Waals surface area contributed by atoms with Crippen molar-refractivity contribution in [3.05, 3.63) is 18.6 Å². The number of thiol groups is 1. The van der Waals surface area contributed by atoms with Crippen molar-refractivity contribution in [2.45, 2.75) is 0 Å². The molecule has 0 atom stereocenters. The van der Waals surface area contributed by atoms with Crippen molar-refractivity contribution in [3.8, 4) is 0 Å². The maximum Gasteiger partial charge on any atom is 0.148 e. The van der Waals surface area contributed by atoms with Crippen LogP contribution < -0.4 is 4.72 Å². The fraction of sp³-hybridized carbons (Fsp3) is 0. The number of rotatable bonds is 1. The van der Waals surface area contributed by atoms with E-state index in [2.05, 4.69) is 32.5 Å². The second-order valence-corrected chi connectivity index (χ2v) is 2.30. The number of fused-ring (bicyclic) bond motifs is 1. The van der Waals surface area contributed by atoms with Gasteiger partial charge in [0.2, 0.25) is 0 Å². The molecular formula is C6H6N4S. The molecule has 0 saturated heterocycles. The number of hydrogen-bond donors (Lipinski definition) is 3. The first-order chi connectivity index (χ1) is 5.42. The van der Waals surface area contributed by atoms with E-state index in [1.807, 2.05) is 12.3 Å². The maximum absolute atomic E-state index is 4.01. The van der Waals surface area contributed by atoms with E-state index in [0.717, 1.165) is 16.9 Å². The Bertz CT molecular complexity index is 369. The molecule has 4 nitrogen and oxygen atoms in total. The van der Waals surface area contributed by atoms with Gasteiger partial charge in [-0.15, -0.1) is 0 Å². The Morgan fingerprint density at radius 2 is 2.36 bits per heavy atom. The summed E-state index contributed by atoms with van der Waals surface area (Å²) in [5, 5.41) is 0.947. The average molecular weight is 166 g/mol. The molecule has 0 saturated carbocycles. The second-order valence-electron chi connectivity index (χ2n) is 2.07. The highest BCUT2D eigenvalue weighted by molar-refractivity contribution is 7.81. The van der Waals surface area contributed by atoms with Crippen LogP contribution in [-0.4, -0.2) is 15.0 Å². The SMILES string of the molecule is SNc1ncnc2[nH]ccc12. The van der Waals surface area contributed by atoms with Gasteiger partial charge in [-0.1, -0.05) is 12.8 Å². The summed E-state index contributed by atoms with van der Waals surface area (Å²) < 4.78 is 2.68. The summed E-state index contributed by atoms with van der Waals surface area (Å²) >= 11 is 3.91. The molecule has 0 aliphatic carbocycles. The topological polar surface area (TPSA) is 53.6 Å². The first kappa shape index (κ1) is 6.48. The van der Waals surface area contributed by atoms with Crippen LogP contribution in [0.4, 0.5) is 5.82 Å². The highest BCUT2D eigenvalue weighted by atomic mass is 32.1. The molecule has 2 aromatic heterocycles. The van der Waals surface area contributed by atoms with Crippen LogP contribution in [0.5, 0.6) is 0 Å². The van der Waals surface area contributed by atoms with Crippen LogP contribution in [0.1, 0.15) is 0 Å². The van der Waals surface area contributed by atoms with Gasteiger partial charge in [0.25, 0.3) is 0 Å². The minimum atomic E-state index is 0.722. The van der Waals surface area contributed by atoms with Crippen molar-refractivity contribution in [3.63, 3.8) is 0 Å². The first-order valence-electron chi connectivity index (χ1n) is 3.10. The van der Waals surface area contributed by atoms with E-state index in [1.54, 1.807) is 0 Å². The van der Waals surface area contributed by atoms with Crippen LogP contribution >= 0.6 is 12.8 Å². The van der Waals surface area contributed by atoms with E-state index in [1.165, 1.54) is 6.33 Å². The third-order valence-corrected chi connectivity index (χ3v) is 1.67. The molecule has 11 heavy (non-hydrogen) atoms. The summed E-state index contributed by atoms with van der Waals surface area (Å²) in [7, 11) is 0. The Hall–Kier alpha value is -1.23. The van der Waals surface area contributed by atoms with Crippen LogP contribution in [0.2, 0.25) is 0 Å². The van der Waals surface area contributed by atoms with Crippen molar-refractivity contribution in [2.75, 3.05) is 4.72 Å². The zero-order chi connectivity index (χ0) is 7.68. The van der Waals surface area contributed by atoms with Gasteiger partial charge in [-0.2, -0.15) is 0 Å². The van der Waals surface area contributed by atoms with Gasteiger partial charge >= 0.3 is 0 Å². The number of nitrogens with one attached hydrogen (secondary N) is 2. The van der Waals surface area contributed by atoms with Crippen LogP contribution in [0.3, 0.4) is 0 Å². The van der Waals surface area contributed by atoms with E-state index in [-0.39, 0.29) is 0 Å². The Kier molecular flexibility index (Phi) is 1.43. The molecule has 0 aliphatic heterocycles. The van der Waals surface area contributed by atoms with Crippen LogP contribution in [0.25, 0.3) is 11.0 Å². The Morgan fingerprint density at radius 1 is 1.45 bits per heavy atom. The monoisotopic (exact) mass is 166 g/mol. The quantitative estimate of drug-likeness (QED) is 0.558. The van der Waals surface area contributed by atoms with Crippen molar-refractivity contribution in [2.24, 2.45) is 0 Å². The Labute approximate surface area is 68.6 Å². The summed E-state index contributed by atoms with van der Waals surface area (Å²) in [5.74, 6) is 0.722. The summed E-state index contributed by atoms with van der Waals surface area (Å²) in [6, 6.07) is 1.90. The highest BCUT2D eigenvalue weighted by Crippen LogP contribution is 2.17. The van der Waals surface area contributed by atoms with Crippen LogP contribution in [0.15, 0.2) is 18.6 Å². The number of aromatic nitrogens is 3. The lowest BCUT2D eigenvalue weighted by molar-refractivity contribution is 1.21. The molecule has 5 heteroatoms. The lowest BCUT2D eigenvalue weighted by atomic mass is 10.4. The van der Waals surface area contributed by atoms with Crippen molar-refractivity contribution >= 4 is 29.7 Å². The van der Waals surface area contributed by atoms with E-state index in [0.29, 0.717) is 0 Å². The van der Waals surface area contributed by atoms with Gasteiger partial charge in [-0.05, 0) is 6.07 Å². The van der Waals surface area contributed by atoms with E-state index in [4.69, 9.17) is 0 Å². The summed E-state index contributed by atoms with van der Waals surface area (Å²) in [4.78, 5) is 11.0. The summed E-state index contributed by atoms with van der Waals surface area (Å²) in [6.07, 6.45) is 3.30. The van der Waals surface area contributed by atoms with Crippen LogP contribution in [0, 0.1) is 0 Å². The summed E-state index contributed by atoms with van der Waals surface area (Å²) in [6.45, 7) is 0. The van der Waals surface area contributed by atoms with E-state index < -0.39 is 0 Å². The smallest absolute Gasteiger partial charge is 0.148 e. The summed E-state index contributed by atoms with van der Waals surface area (Å²) in [5.41, 5.74) is 0.816. The van der Waals surface area contributed by atoms with Gasteiger partial charge in [0, 0.05) is 6.20 Å². The minimum absolute atomic E-state index is 0.722. The van der Waals surface area contributed by atoms with E-state index in [9.17, 15) is 0 Å². The number of hydrogen-bond acceptors (Lipinski definition) is 4. The number of nitrogens with zero attached hydrogens (tertiary/aromatic N) is 2. The molecule has 2 aromatic rings. The number of anilines is 1. The lowest BCUT2D eigenvalue weighted by Gasteiger charge is -1.96. The standard InChI is InChI=1S/C6H6N4S/c11-10-6-4-1-2-7-5(4)8-3-9-6/h1-3,11H,(H2,7,8,9,10). The molecular weight excluding hydrogens is 160 g/mol. The van der Waals surface area contributed by atoms with Gasteiger partial charge in [0.05, 0.1) is 5.39 Å². The predicted molar refractivity (Wildman–Crippen MR) is 46.5 cm³/mol. The minimum Gasteiger partial charge on any atom is -0.346 e. The molecule has 0 aliphatic rings. The third-order valence-electron chi connectivity index (χ3n) is 1.46. The normalized spacial score (nSPS) is 10.3. The fourth-order valence-electron chi connectivity index (χ4n) is 0.961. The second kappa shape index (κ2) is 2.43. The lowest BCUT2D eigenvalue weighted by Crippen LogP contribution is -1.87. The van der Waals surface area contributed by atoms with Gasteiger partial charge < -0.3 is 9.71 Å². The number of aromatic amines is 1. The maximum atomic E-state index is 4.01. The molecule has 2 N–H and O–H groups in total. The molecule has 2 heterocycles. The number of H-pyrrole nitrogens is 1. The molecule has 0 amide bonds. The van der Waals surface area contributed by atoms with Crippen molar-refractivity contribution in [1.82, 2.24) is 15.0 Å². The molecule has 0 spiro atoms. The predicted octanol–water partition coefficient (Wildman–Crippen LogP) is 1.21. The first-order valence-corrected chi connectivity index (χ1v) is 3.55. The highest BCUT2D eigenvalue weighted by Gasteiger charge is 2.00.